The van der Waals surface area contributed by atoms with E-state index in [9.17, 15) is 4.79 Å². The number of nitrogens with one attached hydrogen (secondary N) is 1. The summed E-state index contributed by atoms with van der Waals surface area (Å²) in [5.41, 5.74) is 7.29. The molecule has 3 N–H and O–H groups in total. The van der Waals surface area contributed by atoms with Gasteiger partial charge in [0.2, 0.25) is 0 Å². The first-order valence-electron chi connectivity index (χ1n) is 4.23. The Kier molecular flexibility index (Phi) is 1.73. The highest BCUT2D eigenvalue weighted by Crippen LogP contribution is 2.39. The fourth-order valence-corrected chi connectivity index (χ4v) is 1.35. The van der Waals surface area contributed by atoms with Gasteiger partial charge in [0.25, 0.3) is 5.56 Å². The Bertz CT molecular complexity index is 339. The number of nitrogens with two attached hydrogens (primary N) is 1. The summed E-state index contributed by atoms with van der Waals surface area (Å²) in [6.07, 6.45) is 4.30. The molecule has 0 bridgehead atoms. The lowest BCUT2D eigenvalue weighted by molar-refractivity contribution is 0.980. The van der Waals surface area contributed by atoms with E-state index in [1.807, 2.05) is 6.07 Å². The molecule has 1 aliphatic carbocycles. The second-order valence-electron chi connectivity index (χ2n) is 3.27. The quantitative estimate of drug-likeness (QED) is 0.676. The maximum atomic E-state index is 11.1. The van der Waals surface area contributed by atoms with Crippen molar-refractivity contribution in [3.05, 3.63) is 33.7 Å². The van der Waals surface area contributed by atoms with Crippen molar-refractivity contribution >= 4 is 0 Å². The van der Waals surface area contributed by atoms with Gasteiger partial charge in [-0.25, -0.2) is 0 Å². The number of pyridine rings is 1. The Labute approximate surface area is 70.6 Å². The van der Waals surface area contributed by atoms with Gasteiger partial charge < -0.3 is 10.7 Å². The molecule has 1 aromatic heterocycles. The van der Waals surface area contributed by atoms with Crippen molar-refractivity contribution in [2.75, 3.05) is 0 Å². The van der Waals surface area contributed by atoms with Crippen LogP contribution in [0.1, 0.15) is 29.9 Å². The van der Waals surface area contributed by atoms with Crippen molar-refractivity contribution in [1.82, 2.24) is 4.98 Å². The smallest absolute Gasteiger partial charge is 0.252 e. The first kappa shape index (κ1) is 7.55. The standard InChI is InChI=1S/C9H12N2O/c10-4-7-3-8(6-1-2-6)5-11-9(7)12/h3,5-6H,1-2,4,10H2,(H,11,12). The third kappa shape index (κ3) is 1.28. The van der Waals surface area contributed by atoms with Crippen molar-refractivity contribution in [2.45, 2.75) is 25.3 Å². The summed E-state index contributed by atoms with van der Waals surface area (Å²) in [7, 11) is 0. The maximum absolute atomic E-state index is 11.1. The third-order valence-electron chi connectivity index (χ3n) is 2.27. The van der Waals surface area contributed by atoms with Crippen LogP contribution in [0.2, 0.25) is 0 Å². The van der Waals surface area contributed by atoms with Gasteiger partial charge in [-0.3, -0.25) is 4.79 Å². The highest BCUT2D eigenvalue weighted by Gasteiger charge is 2.23. The molecule has 0 radical (unpaired) electrons. The van der Waals surface area contributed by atoms with E-state index in [-0.39, 0.29) is 5.56 Å². The summed E-state index contributed by atoms with van der Waals surface area (Å²) in [5, 5.41) is 0. The molecule has 0 saturated heterocycles. The van der Waals surface area contributed by atoms with Crippen molar-refractivity contribution in [2.24, 2.45) is 5.73 Å². The predicted molar refractivity (Wildman–Crippen MR) is 46.9 cm³/mol. The summed E-state index contributed by atoms with van der Waals surface area (Å²) in [6.45, 7) is 0.329. The zero-order chi connectivity index (χ0) is 8.55. The molecule has 0 spiro atoms. The molecule has 1 saturated carbocycles. The molecule has 1 aliphatic rings. The van der Waals surface area contributed by atoms with E-state index < -0.39 is 0 Å². The van der Waals surface area contributed by atoms with Crippen LogP contribution in [0.5, 0.6) is 0 Å². The van der Waals surface area contributed by atoms with Crippen LogP contribution >= 0.6 is 0 Å². The minimum atomic E-state index is -0.0538. The molecule has 3 heteroatoms. The van der Waals surface area contributed by atoms with E-state index in [1.165, 1.54) is 18.4 Å². The van der Waals surface area contributed by atoms with Crippen LogP contribution in [0.4, 0.5) is 0 Å². The SMILES string of the molecule is NCc1cc(C2CC2)c[nH]c1=O. The van der Waals surface area contributed by atoms with Gasteiger partial charge in [-0.15, -0.1) is 0 Å². The van der Waals surface area contributed by atoms with Crippen LogP contribution in [-0.2, 0) is 6.54 Å². The number of aromatic nitrogens is 1. The normalized spacial score (nSPS) is 16.4. The van der Waals surface area contributed by atoms with E-state index in [4.69, 9.17) is 5.73 Å². The molecule has 0 aliphatic heterocycles. The number of hydrogen-bond donors (Lipinski definition) is 2. The van der Waals surface area contributed by atoms with Crippen LogP contribution in [0.3, 0.4) is 0 Å². The summed E-state index contributed by atoms with van der Waals surface area (Å²) < 4.78 is 0. The second kappa shape index (κ2) is 2.75. The first-order valence-corrected chi connectivity index (χ1v) is 4.23. The van der Waals surface area contributed by atoms with Gasteiger partial charge in [0.15, 0.2) is 0 Å². The van der Waals surface area contributed by atoms with E-state index >= 15 is 0 Å². The lowest BCUT2D eigenvalue weighted by Gasteiger charge is -1.99. The molecule has 12 heavy (non-hydrogen) atoms. The molecule has 0 amide bonds. The van der Waals surface area contributed by atoms with Crippen molar-refractivity contribution < 1.29 is 0 Å². The maximum Gasteiger partial charge on any atom is 0.252 e. The Morgan fingerprint density at radius 1 is 1.58 bits per heavy atom. The van der Waals surface area contributed by atoms with Gasteiger partial charge in [0.1, 0.15) is 0 Å². The first-order chi connectivity index (χ1) is 5.81. The Morgan fingerprint density at radius 2 is 2.33 bits per heavy atom. The summed E-state index contributed by atoms with van der Waals surface area (Å²) in [5.74, 6) is 0.673. The molecule has 1 fully saturated rings. The van der Waals surface area contributed by atoms with E-state index in [0.717, 1.165) is 0 Å². The molecule has 3 nitrogen and oxygen atoms in total. The fraction of sp³-hybridized carbons (Fsp3) is 0.444. The Balaban J connectivity index is 2.40. The third-order valence-corrected chi connectivity index (χ3v) is 2.27. The largest absolute Gasteiger partial charge is 0.329 e. The number of rotatable bonds is 2. The topological polar surface area (TPSA) is 58.9 Å². The van der Waals surface area contributed by atoms with Crippen LogP contribution in [-0.4, -0.2) is 4.98 Å². The zero-order valence-electron chi connectivity index (χ0n) is 6.84. The fourth-order valence-electron chi connectivity index (χ4n) is 1.35. The zero-order valence-corrected chi connectivity index (χ0v) is 6.84. The molecule has 0 aromatic carbocycles. The van der Waals surface area contributed by atoms with Crippen LogP contribution in [0, 0.1) is 0 Å². The summed E-state index contributed by atoms with van der Waals surface area (Å²) in [6, 6.07) is 1.93. The van der Waals surface area contributed by atoms with Gasteiger partial charge in [0.05, 0.1) is 0 Å². The number of H-pyrrole nitrogens is 1. The van der Waals surface area contributed by atoms with E-state index in [1.54, 1.807) is 6.20 Å². The van der Waals surface area contributed by atoms with Crippen LogP contribution in [0.15, 0.2) is 17.1 Å². The monoisotopic (exact) mass is 164 g/mol. The molecular weight excluding hydrogens is 152 g/mol. The van der Waals surface area contributed by atoms with Gasteiger partial charge in [-0.2, -0.15) is 0 Å². The predicted octanol–water partition coefficient (Wildman–Crippen LogP) is 0.711. The highest BCUT2D eigenvalue weighted by atomic mass is 16.1. The molecule has 1 heterocycles. The molecule has 0 atom stereocenters. The summed E-state index contributed by atoms with van der Waals surface area (Å²) in [4.78, 5) is 13.8. The lowest BCUT2D eigenvalue weighted by Crippen LogP contribution is -2.15. The second-order valence-corrected chi connectivity index (χ2v) is 3.27. The minimum absolute atomic E-state index is 0.0538. The van der Waals surface area contributed by atoms with Gasteiger partial charge in [-0.05, 0) is 30.4 Å². The molecule has 64 valence electrons. The van der Waals surface area contributed by atoms with Gasteiger partial charge >= 0.3 is 0 Å². The van der Waals surface area contributed by atoms with Crippen molar-refractivity contribution in [3.63, 3.8) is 0 Å². The molecule has 0 unspecified atom stereocenters. The van der Waals surface area contributed by atoms with E-state index in [2.05, 4.69) is 4.98 Å². The van der Waals surface area contributed by atoms with Gasteiger partial charge in [0, 0.05) is 18.3 Å². The molecule has 2 rings (SSSR count). The highest BCUT2D eigenvalue weighted by molar-refractivity contribution is 5.24. The average molecular weight is 164 g/mol. The minimum Gasteiger partial charge on any atom is -0.329 e. The molecular formula is C9H12N2O. The average Bonchev–Trinajstić information content (AvgIpc) is 2.88. The Hall–Kier alpha value is -1.09. The lowest BCUT2D eigenvalue weighted by atomic mass is 10.1. The number of aromatic amines is 1. The van der Waals surface area contributed by atoms with Crippen LogP contribution in [0.25, 0.3) is 0 Å². The van der Waals surface area contributed by atoms with Crippen molar-refractivity contribution in [1.29, 1.82) is 0 Å². The van der Waals surface area contributed by atoms with Crippen LogP contribution < -0.4 is 11.3 Å². The molecule has 1 aromatic rings. The van der Waals surface area contributed by atoms with E-state index in [0.29, 0.717) is 18.0 Å². The number of hydrogen-bond acceptors (Lipinski definition) is 2. The van der Waals surface area contributed by atoms with Gasteiger partial charge in [-0.1, -0.05) is 0 Å². The Morgan fingerprint density at radius 3 is 2.92 bits per heavy atom. The van der Waals surface area contributed by atoms with Crippen molar-refractivity contribution in [3.8, 4) is 0 Å². The summed E-state index contributed by atoms with van der Waals surface area (Å²) >= 11 is 0.